The molecule has 3 rings (SSSR count). The molecule has 0 saturated carbocycles. The smallest absolute Gasteiger partial charge is 0.278 e. The van der Waals surface area contributed by atoms with Gasteiger partial charge in [-0.15, -0.1) is 5.10 Å². The standard InChI is InChI=1S/C19H19ClN4O2/c1-11-6-5-7-16(12(11)2)24-13(3)18(22-23-24)19(25)21-15-10-14(20)8-9-17(15)26-4/h5-10H,1-4H3,(H,21,25). The van der Waals surface area contributed by atoms with Crippen LogP contribution < -0.4 is 10.1 Å². The Kier molecular flexibility index (Phi) is 4.95. The predicted molar refractivity (Wildman–Crippen MR) is 102 cm³/mol. The topological polar surface area (TPSA) is 69.0 Å². The zero-order valence-electron chi connectivity index (χ0n) is 15.0. The van der Waals surface area contributed by atoms with E-state index in [4.69, 9.17) is 16.3 Å². The third-order valence-electron chi connectivity index (χ3n) is 4.32. The van der Waals surface area contributed by atoms with Gasteiger partial charge in [-0.1, -0.05) is 28.9 Å². The number of rotatable bonds is 4. The molecular weight excluding hydrogens is 352 g/mol. The summed E-state index contributed by atoms with van der Waals surface area (Å²) in [5, 5.41) is 11.5. The summed E-state index contributed by atoms with van der Waals surface area (Å²) in [5.74, 6) is 0.141. The van der Waals surface area contributed by atoms with Crippen molar-refractivity contribution in [3.8, 4) is 11.4 Å². The Bertz CT molecular complexity index is 982. The molecule has 0 radical (unpaired) electrons. The molecule has 1 amide bonds. The Hall–Kier alpha value is -2.86. The third kappa shape index (κ3) is 3.28. The van der Waals surface area contributed by atoms with Gasteiger partial charge in [0.05, 0.1) is 24.2 Å². The van der Waals surface area contributed by atoms with E-state index in [9.17, 15) is 4.79 Å². The summed E-state index contributed by atoms with van der Waals surface area (Å²) in [7, 11) is 1.53. The van der Waals surface area contributed by atoms with Crippen LogP contribution in [0.3, 0.4) is 0 Å². The van der Waals surface area contributed by atoms with Crippen LogP contribution in [-0.2, 0) is 0 Å². The summed E-state index contributed by atoms with van der Waals surface area (Å²) >= 11 is 6.01. The highest BCUT2D eigenvalue weighted by atomic mass is 35.5. The lowest BCUT2D eigenvalue weighted by atomic mass is 10.1. The number of hydrogen-bond acceptors (Lipinski definition) is 4. The van der Waals surface area contributed by atoms with Crippen molar-refractivity contribution in [3.05, 3.63) is 63.9 Å². The number of aryl methyl sites for hydroxylation is 1. The van der Waals surface area contributed by atoms with Crippen molar-refractivity contribution in [1.29, 1.82) is 0 Å². The van der Waals surface area contributed by atoms with E-state index >= 15 is 0 Å². The van der Waals surface area contributed by atoms with E-state index < -0.39 is 0 Å². The first-order valence-electron chi connectivity index (χ1n) is 8.06. The van der Waals surface area contributed by atoms with Crippen LogP contribution in [0.1, 0.15) is 27.3 Å². The van der Waals surface area contributed by atoms with Crippen molar-refractivity contribution in [2.24, 2.45) is 0 Å². The number of amides is 1. The summed E-state index contributed by atoms with van der Waals surface area (Å²) in [6, 6.07) is 10.9. The molecule has 134 valence electrons. The van der Waals surface area contributed by atoms with Gasteiger partial charge in [0.15, 0.2) is 5.69 Å². The summed E-state index contributed by atoms with van der Waals surface area (Å²) in [6.45, 7) is 5.86. The maximum Gasteiger partial charge on any atom is 0.278 e. The predicted octanol–water partition coefficient (Wildman–Crippen LogP) is 4.11. The molecule has 1 N–H and O–H groups in total. The Balaban J connectivity index is 1.94. The number of carbonyl (C=O) groups is 1. The average molecular weight is 371 g/mol. The number of nitrogens with one attached hydrogen (secondary N) is 1. The van der Waals surface area contributed by atoms with Gasteiger partial charge in [0.1, 0.15) is 5.75 Å². The first-order valence-corrected chi connectivity index (χ1v) is 8.44. The second-order valence-corrected chi connectivity index (χ2v) is 6.39. The van der Waals surface area contributed by atoms with Gasteiger partial charge in [-0.3, -0.25) is 4.79 Å². The van der Waals surface area contributed by atoms with Gasteiger partial charge in [-0.2, -0.15) is 0 Å². The average Bonchev–Trinajstić information content (AvgIpc) is 2.99. The van der Waals surface area contributed by atoms with Crippen molar-refractivity contribution >= 4 is 23.2 Å². The molecule has 0 unspecified atom stereocenters. The van der Waals surface area contributed by atoms with E-state index in [1.165, 1.54) is 7.11 Å². The third-order valence-corrected chi connectivity index (χ3v) is 4.56. The molecule has 0 spiro atoms. The molecule has 26 heavy (non-hydrogen) atoms. The van der Waals surface area contributed by atoms with Crippen LogP contribution in [0.5, 0.6) is 5.75 Å². The Morgan fingerprint density at radius 2 is 1.96 bits per heavy atom. The van der Waals surface area contributed by atoms with Crippen LogP contribution in [0.25, 0.3) is 5.69 Å². The number of carbonyl (C=O) groups excluding carboxylic acids is 1. The molecule has 6 nitrogen and oxygen atoms in total. The fourth-order valence-corrected chi connectivity index (χ4v) is 2.86. The van der Waals surface area contributed by atoms with Crippen molar-refractivity contribution in [1.82, 2.24) is 15.0 Å². The molecule has 0 bridgehead atoms. The van der Waals surface area contributed by atoms with Crippen LogP contribution in [0.4, 0.5) is 5.69 Å². The number of nitrogens with zero attached hydrogens (tertiary/aromatic N) is 3. The normalized spacial score (nSPS) is 10.7. The summed E-state index contributed by atoms with van der Waals surface area (Å²) in [5.41, 5.74) is 4.50. The Morgan fingerprint density at radius 1 is 1.19 bits per heavy atom. The van der Waals surface area contributed by atoms with E-state index in [2.05, 4.69) is 15.6 Å². The van der Waals surface area contributed by atoms with E-state index in [0.717, 1.165) is 16.8 Å². The minimum Gasteiger partial charge on any atom is -0.495 e. The van der Waals surface area contributed by atoms with Crippen LogP contribution >= 0.6 is 11.6 Å². The highest BCUT2D eigenvalue weighted by molar-refractivity contribution is 6.31. The summed E-state index contributed by atoms with van der Waals surface area (Å²) < 4.78 is 6.93. The molecule has 0 aliphatic rings. The molecule has 3 aromatic rings. The van der Waals surface area contributed by atoms with Gasteiger partial charge in [-0.05, 0) is 56.2 Å². The molecule has 1 aromatic heterocycles. The van der Waals surface area contributed by atoms with Crippen molar-refractivity contribution in [2.75, 3.05) is 12.4 Å². The fourth-order valence-electron chi connectivity index (χ4n) is 2.69. The quantitative estimate of drug-likeness (QED) is 0.750. The van der Waals surface area contributed by atoms with Gasteiger partial charge in [0.25, 0.3) is 5.91 Å². The molecule has 0 aliphatic carbocycles. The van der Waals surface area contributed by atoms with Crippen LogP contribution in [0.2, 0.25) is 5.02 Å². The zero-order valence-corrected chi connectivity index (χ0v) is 15.8. The van der Waals surface area contributed by atoms with Gasteiger partial charge in [-0.25, -0.2) is 4.68 Å². The Labute approximate surface area is 156 Å². The molecule has 1 heterocycles. The molecular formula is C19H19ClN4O2. The summed E-state index contributed by atoms with van der Waals surface area (Å²) in [6.07, 6.45) is 0. The fraction of sp³-hybridized carbons (Fsp3) is 0.211. The van der Waals surface area contributed by atoms with Crippen LogP contribution in [0.15, 0.2) is 36.4 Å². The second kappa shape index (κ2) is 7.17. The summed E-state index contributed by atoms with van der Waals surface area (Å²) in [4.78, 5) is 12.7. The van der Waals surface area contributed by atoms with Crippen molar-refractivity contribution in [2.45, 2.75) is 20.8 Å². The van der Waals surface area contributed by atoms with E-state index in [0.29, 0.717) is 22.2 Å². The molecule has 0 saturated heterocycles. The lowest BCUT2D eigenvalue weighted by Crippen LogP contribution is -2.15. The number of aromatic nitrogens is 3. The van der Waals surface area contributed by atoms with E-state index in [1.54, 1.807) is 22.9 Å². The maximum atomic E-state index is 12.7. The first kappa shape index (κ1) is 17.9. The highest BCUT2D eigenvalue weighted by Crippen LogP contribution is 2.28. The van der Waals surface area contributed by atoms with Crippen LogP contribution in [0, 0.1) is 20.8 Å². The number of benzene rings is 2. The van der Waals surface area contributed by atoms with E-state index in [-0.39, 0.29) is 11.6 Å². The molecule has 0 aliphatic heterocycles. The van der Waals surface area contributed by atoms with E-state index in [1.807, 2.05) is 39.0 Å². The zero-order chi connectivity index (χ0) is 18.8. The number of hydrogen-bond donors (Lipinski definition) is 1. The lowest BCUT2D eigenvalue weighted by Gasteiger charge is -2.11. The number of ether oxygens (including phenoxy) is 1. The Morgan fingerprint density at radius 3 is 2.69 bits per heavy atom. The maximum absolute atomic E-state index is 12.7. The molecule has 2 aromatic carbocycles. The van der Waals surface area contributed by atoms with Gasteiger partial charge in [0, 0.05) is 5.02 Å². The number of anilines is 1. The molecule has 0 fully saturated rings. The van der Waals surface area contributed by atoms with Crippen molar-refractivity contribution in [3.63, 3.8) is 0 Å². The second-order valence-electron chi connectivity index (χ2n) is 5.95. The SMILES string of the molecule is COc1ccc(Cl)cc1NC(=O)c1nnn(-c2cccc(C)c2C)c1C. The largest absolute Gasteiger partial charge is 0.495 e. The van der Waals surface area contributed by atoms with Gasteiger partial charge >= 0.3 is 0 Å². The number of methoxy groups -OCH3 is 1. The van der Waals surface area contributed by atoms with Gasteiger partial charge in [0.2, 0.25) is 0 Å². The monoisotopic (exact) mass is 370 g/mol. The number of halogens is 1. The lowest BCUT2D eigenvalue weighted by molar-refractivity contribution is 0.102. The van der Waals surface area contributed by atoms with Crippen molar-refractivity contribution < 1.29 is 9.53 Å². The molecule has 0 atom stereocenters. The minimum atomic E-state index is -0.375. The van der Waals surface area contributed by atoms with Gasteiger partial charge < -0.3 is 10.1 Å². The minimum absolute atomic E-state index is 0.243. The highest BCUT2D eigenvalue weighted by Gasteiger charge is 2.20. The molecule has 7 heteroatoms. The van der Waals surface area contributed by atoms with Crippen LogP contribution in [-0.4, -0.2) is 28.0 Å². The first-order chi connectivity index (χ1) is 12.4.